The van der Waals surface area contributed by atoms with Gasteiger partial charge in [0.25, 0.3) is 0 Å². The second-order valence-electron chi connectivity index (χ2n) is 5.94. The number of phenolic OH excluding ortho intramolecular Hbond substituents is 1. The molecule has 23 heavy (non-hydrogen) atoms. The monoisotopic (exact) mass is 312 g/mol. The highest BCUT2D eigenvalue weighted by Gasteiger charge is 2.13. The Labute approximate surface area is 135 Å². The lowest BCUT2D eigenvalue weighted by Crippen LogP contribution is -2.09. The summed E-state index contributed by atoms with van der Waals surface area (Å²) in [5, 5.41) is 20.0. The molecule has 2 aliphatic heterocycles. The molecule has 2 heterocycles. The van der Waals surface area contributed by atoms with Gasteiger partial charge in [-0.1, -0.05) is 12.1 Å². The first-order valence-corrected chi connectivity index (χ1v) is 7.93. The van der Waals surface area contributed by atoms with Crippen molar-refractivity contribution in [3.05, 3.63) is 53.6 Å². The van der Waals surface area contributed by atoms with E-state index in [4.69, 9.17) is 4.74 Å². The van der Waals surface area contributed by atoms with Gasteiger partial charge >= 0.3 is 0 Å². The average Bonchev–Trinajstić information content (AvgIpc) is 2.56. The number of aryl methyl sites for hydroxylation is 1. The first kappa shape index (κ1) is 15.6. The molecule has 0 amide bonds. The summed E-state index contributed by atoms with van der Waals surface area (Å²) in [5.41, 5.74) is 1.64. The van der Waals surface area contributed by atoms with Crippen LogP contribution in [-0.4, -0.2) is 22.1 Å². The van der Waals surface area contributed by atoms with Crippen LogP contribution in [0.2, 0.25) is 0 Å². The Kier molecular flexibility index (Phi) is 4.63. The predicted molar refractivity (Wildman–Crippen MR) is 87.1 cm³/mol. The Bertz CT molecular complexity index is 691. The highest BCUT2D eigenvalue weighted by Crippen LogP contribution is 2.32. The second kappa shape index (κ2) is 6.84. The van der Waals surface area contributed by atoms with Crippen molar-refractivity contribution >= 4 is 5.78 Å². The van der Waals surface area contributed by atoms with Gasteiger partial charge in [0, 0.05) is 12.0 Å². The standard InChI is InChI=1S/C19H20O4/c20-15-2-1-3-17(21)14-7-11-18(22)19(12-14)23-16-9-5-13(4-8-15)6-10-16/h5-7,9-12,15,20,22H,1-4,8H2/t15-/m0/s1. The maximum absolute atomic E-state index is 12.2. The summed E-state index contributed by atoms with van der Waals surface area (Å²) in [7, 11) is 0. The van der Waals surface area contributed by atoms with Crippen LogP contribution in [0.25, 0.3) is 0 Å². The molecule has 4 bridgehead atoms. The smallest absolute Gasteiger partial charge is 0.169 e. The summed E-state index contributed by atoms with van der Waals surface area (Å²) in [4.78, 5) is 12.2. The van der Waals surface area contributed by atoms with Gasteiger partial charge < -0.3 is 14.9 Å². The van der Waals surface area contributed by atoms with Crippen molar-refractivity contribution < 1.29 is 19.7 Å². The Morgan fingerprint density at radius 2 is 1.78 bits per heavy atom. The van der Waals surface area contributed by atoms with Crippen LogP contribution in [-0.2, 0) is 6.42 Å². The minimum absolute atomic E-state index is 0.00497. The van der Waals surface area contributed by atoms with Crippen LogP contribution in [0, 0.1) is 0 Å². The minimum atomic E-state index is -0.390. The molecule has 4 rings (SSSR count). The van der Waals surface area contributed by atoms with Gasteiger partial charge in [0.05, 0.1) is 6.10 Å². The quantitative estimate of drug-likeness (QED) is 0.775. The van der Waals surface area contributed by atoms with Crippen molar-refractivity contribution in [1.82, 2.24) is 0 Å². The maximum Gasteiger partial charge on any atom is 0.169 e. The van der Waals surface area contributed by atoms with E-state index >= 15 is 0 Å². The molecular formula is C19H20O4. The number of hydrogen-bond donors (Lipinski definition) is 2. The van der Waals surface area contributed by atoms with Crippen LogP contribution >= 0.6 is 0 Å². The molecule has 2 aliphatic rings. The number of phenols is 1. The van der Waals surface area contributed by atoms with E-state index in [1.54, 1.807) is 12.1 Å². The zero-order valence-corrected chi connectivity index (χ0v) is 12.9. The van der Waals surface area contributed by atoms with E-state index in [-0.39, 0.29) is 23.4 Å². The van der Waals surface area contributed by atoms with Crippen LogP contribution in [0.3, 0.4) is 0 Å². The first-order valence-electron chi connectivity index (χ1n) is 7.93. The number of hydrogen-bond acceptors (Lipinski definition) is 4. The molecular weight excluding hydrogens is 292 g/mol. The van der Waals surface area contributed by atoms with Crippen LogP contribution < -0.4 is 4.74 Å². The van der Waals surface area contributed by atoms with E-state index in [9.17, 15) is 15.0 Å². The van der Waals surface area contributed by atoms with E-state index in [2.05, 4.69) is 0 Å². The Morgan fingerprint density at radius 3 is 2.57 bits per heavy atom. The van der Waals surface area contributed by atoms with E-state index in [0.717, 1.165) is 12.0 Å². The van der Waals surface area contributed by atoms with Crippen molar-refractivity contribution in [1.29, 1.82) is 0 Å². The van der Waals surface area contributed by atoms with E-state index in [1.165, 1.54) is 6.07 Å². The largest absolute Gasteiger partial charge is 0.504 e. The van der Waals surface area contributed by atoms with Crippen molar-refractivity contribution in [2.45, 2.75) is 38.2 Å². The average molecular weight is 312 g/mol. The third-order valence-corrected chi connectivity index (χ3v) is 4.14. The van der Waals surface area contributed by atoms with Gasteiger partial charge in [-0.3, -0.25) is 4.79 Å². The van der Waals surface area contributed by atoms with Gasteiger partial charge in [-0.15, -0.1) is 0 Å². The molecule has 0 unspecified atom stereocenters. The third kappa shape index (κ3) is 3.90. The molecule has 1 atom stereocenters. The summed E-state index contributed by atoms with van der Waals surface area (Å²) in [6.45, 7) is 0. The Balaban J connectivity index is 1.93. The van der Waals surface area contributed by atoms with Gasteiger partial charge in [0.1, 0.15) is 5.75 Å². The summed E-state index contributed by atoms with van der Waals surface area (Å²) < 4.78 is 5.70. The highest BCUT2D eigenvalue weighted by atomic mass is 16.5. The number of Topliss-reactive ketones (excluding diaryl/α,β-unsaturated/α-hetero) is 1. The predicted octanol–water partition coefficient (Wildman–Crippen LogP) is 3.84. The number of ketones is 1. The van der Waals surface area contributed by atoms with Crippen molar-refractivity contribution in [3.8, 4) is 17.2 Å². The lowest BCUT2D eigenvalue weighted by Gasteiger charge is -2.10. The molecule has 2 aromatic rings. The zero-order chi connectivity index (χ0) is 16.2. The van der Waals surface area contributed by atoms with Crippen LogP contribution in [0.1, 0.15) is 41.6 Å². The zero-order valence-electron chi connectivity index (χ0n) is 12.9. The SMILES string of the molecule is O=C1CCC[C@H](O)CCc2ccc(cc2)Oc2cc1ccc2O. The summed E-state index contributed by atoms with van der Waals surface area (Å²) >= 11 is 0. The number of aliphatic hydroxyl groups excluding tert-OH is 1. The second-order valence-corrected chi connectivity index (χ2v) is 5.94. The molecule has 0 spiro atoms. The summed E-state index contributed by atoms with van der Waals surface area (Å²) in [6, 6.07) is 12.2. The highest BCUT2D eigenvalue weighted by molar-refractivity contribution is 5.96. The number of rotatable bonds is 0. The lowest BCUT2D eigenvalue weighted by atomic mass is 10.0. The summed E-state index contributed by atoms with van der Waals surface area (Å²) in [5.74, 6) is 0.875. The number of benzene rings is 2. The third-order valence-electron chi connectivity index (χ3n) is 4.14. The van der Waals surface area contributed by atoms with Gasteiger partial charge in [0.15, 0.2) is 17.3 Å². The Morgan fingerprint density at radius 1 is 1.00 bits per heavy atom. The number of carbonyl (C=O) groups excluding carboxylic acids is 1. The molecule has 4 heteroatoms. The van der Waals surface area contributed by atoms with Gasteiger partial charge in [-0.05, 0) is 61.6 Å². The Hall–Kier alpha value is -2.33. The van der Waals surface area contributed by atoms with Gasteiger partial charge in [0.2, 0.25) is 0 Å². The topological polar surface area (TPSA) is 66.8 Å². The molecule has 4 nitrogen and oxygen atoms in total. The molecule has 0 aliphatic carbocycles. The fourth-order valence-corrected chi connectivity index (χ4v) is 2.74. The number of fused-ring (bicyclic) bond motifs is 8. The molecule has 2 N–H and O–H groups in total. The van der Waals surface area contributed by atoms with Crippen LogP contribution in [0.15, 0.2) is 42.5 Å². The molecule has 0 aromatic heterocycles. The number of aliphatic hydroxyl groups is 1. The number of carbonyl (C=O) groups is 1. The van der Waals surface area contributed by atoms with Crippen LogP contribution in [0.4, 0.5) is 0 Å². The fourth-order valence-electron chi connectivity index (χ4n) is 2.74. The molecule has 0 fully saturated rings. The molecule has 0 saturated carbocycles. The minimum Gasteiger partial charge on any atom is -0.504 e. The number of ether oxygens (including phenoxy) is 1. The van der Waals surface area contributed by atoms with Crippen molar-refractivity contribution in [3.63, 3.8) is 0 Å². The van der Waals surface area contributed by atoms with Crippen molar-refractivity contribution in [2.75, 3.05) is 0 Å². The number of aromatic hydroxyl groups is 1. The normalized spacial score (nSPS) is 18.8. The fraction of sp³-hybridized carbons (Fsp3) is 0.316. The van der Waals surface area contributed by atoms with Gasteiger partial charge in [-0.2, -0.15) is 0 Å². The molecule has 0 radical (unpaired) electrons. The van der Waals surface area contributed by atoms with E-state index in [0.29, 0.717) is 37.0 Å². The van der Waals surface area contributed by atoms with E-state index in [1.807, 2.05) is 24.3 Å². The van der Waals surface area contributed by atoms with Gasteiger partial charge in [-0.25, -0.2) is 0 Å². The molecule has 120 valence electrons. The first-order chi connectivity index (χ1) is 11.1. The molecule has 0 saturated heterocycles. The van der Waals surface area contributed by atoms with E-state index < -0.39 is 0 Å². The maximum atomic E-state index is 12.2. The van der Waals surface area contributed by atoms with Crippen molar-refractivity contribution in [2.24, 2.45) is 0 Å². The molecule has 2 aromatic carbocycles. The van der Waals surface area contributed by atoms with Crippen LogP contribution in [0.5, 0.6) is 17.2 Å². The summed E-state index contributed by atoms with van der Waals surface area (Å²) in [6.07, 6.45) is 2.72. The lowest BCUT2D eigenvalue weighted by molar-refractivity contribution is 0.0967.